The van der Waals surface area contributed by atoms with Gasteiger partial charge in [-0.2, -0.15) is 0 Å². The maximum atomic E-state index is 13.5. The van der Waals surface area contributed by atoms with Crippen molar-refractivity contribution in [3.8, 4) is 28.6 Å². The van der Waals surface area contributed by atoms with Crippen LogP contribution in [0.5, 0.6) is 17.4 Å². The first kappa shape index (κ1) is 28.9. The smallest absolute Gasteiger partial charge is 0.293 e. The molecule has 212 valence electrons. The fraction of sp³-hybridized carbons (Fsp3) is 0.290. The molecule has 0 saturated heterocycles. The van der Waals surface area contributed by atoms with E-state index in [1.807, 2.05) is 73.7 Å². The summed E-state index contributed by atoms with van der Waals surface area (Å²) in [4.78, 5) is 19.2. The van der Waals surface area contributed by atoms with Crippen LogP contribution in [0.25, 0.3) is 11.3 Å². The van der Waals surface area contributed by atoms with Crippen molar-refractivity contribution in [3.63, 3.8) is 0 Å². The summed E-state index contributed by atoms with van der Waals surface area (Å²) in [7, 11) is 0. The highest BCUT2D eigenvalue weighted by atomic mass is 79.9. The van der Waals surface area contributed by atoms with Gasteiger partial charge in [0.2, 0.25) is 5.91 Å². The molecule has 8 nitrogen and oxygen atoms in total. The van der Waals surface area contributed by atoms with Crippen LogP contribution in [0.1, 0.15) is 50.9 Å². The number of benzene rings is 3. The summed E-state index contributed by atoms with van der Waals surface area (Å²) >= 11 is 5.13. The Hall–Kier alpha value is -3.63. The van der Waals surface area contributed by atoms with E-state index in [1.54, 1.807) is 9.58 Å². The van der Waals surface area contributed by atoms with Gasteiger partial charge >= 0.3 is 0 Å². The normalized spacial score (nSPS) is 13.9. The number of amides is 1. The predicted molar refractivity (Wildman–Crippen MR) is 160 cm³/mol. The van der Waals surface area contributed by atoms with Crippen molar-refractivity contribution in [1.29, 1.82) is 0 Å². The van der Waals surface area contributed by atoms with Crippen molar-refractivity contribution < 1.29 is 24.1 Å². The number of halogens is 1. The Bertz CT molecular complexity index is 1550. The van der Waals surface area contributed by atoms with Crippen LogP contribution in [0.2, 0.25) is 0 Å². The number of thioether (sulfide) groups is 1. The minimum absolute atomic E-state index is 0.190. The van der Waals surface area contributed by atoms with Gasteiger partial charge in [0.05, 0.1) is 33.8 Å². The van der Waals surface area contributed by atoms with Gasteiger partial charge in [0.25, 0.3) is 17.0 Å². The lowest BCUT2D eigenvalue weighted by Crippen LogP contribution is -2.58. The van der Waals surface area contributed by atoms with E-state index >= 15 is 0 Å². The van der Waals surface area contributed by atoms with E-state index in [-0.39, 0.29) is 11.8 Å². The molecule has 4 aromatic rings. The van der Waals surface area contributed by atoms with Crippen LogP contribution in [-0.4, -0.2) is 28.3 Å². The first-order chi connectivity index (χ1) is 19.9. The second-order valence-corrected chi connectivity index (χ2v) is 11.4. The average molecular weight is 636 g/mol. The third-order valence-corrected chi connectivity index (χ3v) is 8.15. The Morgan fingerprint density at radius 2 is 1.85 bits per heavy atom. The Labute approximate surface area is 252 Å². The lowest BCUT2D eigenvalue weighted by molar-refractivity contribution is -0.764. The summed E-state index contributed by atoms with van der Waals surface area (Å²) in [5, 5.41) is 18.7. The van der Waals surface area contributed by atoms with Gasteiger partial charge in [-0.3, -0.25) is 4.79 Å². The zero-order valence-corrected chi connectivity index (χ0v) is 25.6. The number of fused-ring (bicyclic) bond motifs is 3. The summed E-state index contributed by atoms with van der Waals surface area (Å²) in [5.41, 5.74) is 3.29. The molecule has 0 radical (unpaired) electrons. The number of nitrogens with zero attached hydrogens (tertiary/aromatic N) is 4. The van der Waals surface area contributed by atoms with Crippen LogP contribution in [0, 0.1) is 0 Å². The Morgan fingerprint density at radius 3 is 2.59 bits per heavy atom. The quantitative estimate of drug-likeness (QED) is 0.119. The molecule has 5 rings (SSSR count). The van der Waals surface area contributed by atoms with Gasteiger partial charge < -0.3 is 14.6 Å². The molecular formula is C31H31BrN4O4S. The van der Waals surface area contributed by atoms with Crippen molar-refractivity contribution >= 4 is 39.3 Å². The Morgan fingerprint density at radius 1 is 1.10 bits per heavy atom. The number of carbonyl (C=O) groups is 1. The number of anilines is 1. The summed E-state index contributed by atoms with van der Waals surface area (Å²) in [6.07, 6.45) is 1.25. The van der Waals surface area contributed by atoms with Crippen molar-refractivity contribution in [1.82, 2.24) is 10.1 Å². The molecular weight excluding hydrogens is 604 g/mol. The van der Waals surface area contributed by atoms with Crippen molar-refractivity contribution in [2.24, 2.45) is 0 Å². The SMILES string of the molecule is CCCCSc1nc([O-])c2[n+](n1)C(c1cc(Br)c(OCc3ccccc3)c(OCC)c1)N(C(C)=O)c1ccccc1-2. The number of rotatable bonds is 10. The van der Waals surface area contributed by atoms with Gasteiger partial charge in [-0.1, -0.05) is 72.3 Å². The number of carbonyl (C=O) groups excluding carboxylic acids is 1. The minimum Gasteiger partial charge on any atom is -0.854 e. The molecule has 3 aromatic carbocycles. The van der Waals surface area contributed by atoms with E-state index in [2.05, 4.69) is 27.8 Å². The summed E-state index contributed by atoms with van der Waals surface area (Å²) in [6.45, 7) is 6.30. The minimum atomic E-state index is -0.752. The van der Waals surface area contributed by atoms with Gasteiger partial charge in [-0.05, 0) is 59.1 Å². The summed E-state index contributed by atoms with van der Waals surface area (Å²) in [5.74, 6) is 1.29. The van der Waals surface area contributed by atoms with Gasteiger partial charge in [-0.25, -0.2) is 9.88 Å². The fourth-order valence-corrected chi connectivity index (χ4v) is 6.30. The third kappa shape index (κ3) is 6.04. The summed E-state index contributed by atoms with van der Waals surface area (Å²) < 4.78 is 14.5. The lowest BCUT2D eigenvalue weighted by atomic mass is 10.0. The molecule has 41 heavy (non-hydrogen) atoms. The molecule has 1 atom stereocenters. The zero-order valence-electron chi connectivity index (χ0n) is 23.2. The number of unbranched alkanes of at least 4 members (excludes halogenated alkanes) is 1. The van der Waals surface area contributed by atoms with Crippen LogP contribution >= 0.6 is 27.7 Å². The zero-order chi connectivity index (χ0) is 28.9. The van der Waals surface area contributed by atoms with Crippen molar-refractivity contribution in [2.45, 2.75) is 51.5 Å². The number of hydrogen-bond donors (Lipinski definition) is 0. The van der Waals surface area contributed by atoms with Gasteiger partial charge in [0.15, 0.2) is 11.5 Å². The third-order valence-electron chi connectivity index (χ3n) is 6.64. The molecule has 2 heterocycles. The van der Waals surface area contributed by atoms with Crippen LogP contribution in [0.3, 0.4) is 0 Å². The van der Waals surface area contributed by atoms with E-state index in [9.17, 15) is 9.90 Å². The summed E-state index contributed by atoms with van der Waals surface area (Å²) in [6, 6.07) is 21.0. The average Bonchev–Trinajstić information content (AvgIpc) is 2.96. The molecule has 0 spiro atoms. The van der Waals surface area contributed by atoms with Crippen LogP contribution in [-0.2, 0) is 11.4 Å². The van der Waals surface area contributed by atoms with Crippen molar-refractivity contribution in [3.05, 3.63) is 82.3 Å². The second-order valence-electron chi connectivity index (χ2n) is 9.51. The van der Waals surface area contributed by atoms with E-state index < -0.39 is 6.17 Å². The molecule has 10 heteroatoms. The predicted octanol–water partition coefficient (Wildman–Crippen LogP) is 6.05. The molecule has 1 aliphatic rings. The maximum Gasteiger partial charge on any atom is 0.293 e. The first-order valence-electron chi connectivity index (χ1n) is 13.6. The van der Waals surface area contributed by atoms with Crippen molar-refractivity contribution in [2.75, 3.05) is 17.3 Å². The second kappa shape index (κ2) is 12.9. The van der Waals surface area contributed by atoms with E-state index in [1.165, 1.54) is 18.7 Å². The molecule has 1 aromatic heterocycles. The standard InChI is InChI=1S/C31H31BrN4O4S/c1-4-6-16-41-31-33-29(38)27-23-14-10-11-15-25(23)35(20(3)37)30(36(27)34-31)22-17-24(32)28(26(18-22)39-5-2)40-19-21-12-8-7-9-13-21/h7-15,17-18,30H,4-6,16,19H2,1-3H3. The largest absolute Gasteiger partial charge is 0.854 e. The monoisotopic (exact) mass is 634 g/mol. The molecule has 1 aliphatic heterocycles. The topological polar surface area (TPSA) is 91.5 Å². The highest BCUT2D eigenvalue weighted by Gasteiger charge is 2.44. The highest BCUT2D eigenvalue weighted by molar-refractivity contribution is 9.10. The Kier molecular flexibility index (Phi) is 9.09. The van der Waals surface area contributed by atoms with Gasteiger partial charge in [0.1, 0.15) is 6.61 Å². The lowest BCUT2D eigenvalue weighted by Gasteiger charge is -2.33. The van der Waals surface area contributed by atoms with E-state index in [0.717, 1.165) is 24.2 Å². The fourth-order valence-electron chi connectivity index (χ4n) is 4.81. The molecule has 0 fully saturated rings. The number of para-hydroxylation sites is 1. The molecule has 0 N–H and O–H groups in total. The first-order valence-corrected chi connectivity index (χ1v) is 15.4. The molecule has 1 amide bonds. The van der Waals surface area contributed by atoms with Gasteiger partial charge in [0, 0.05) is 17.8 Å². The molecule has 0 bridgehead atoms. The van der Waals surface area contributed by atoms with Gasteiger partial charge in [-0.15, -0.1) is 0 Å². The highest BCUT2D eigenvalue weighted by Crippen LogP contribution is 2.44. The molecule has 1 unspecified atom stereocenters. The van der Waals surface area contributed by atoms with E-state index in [4.69, 9.17) is 14.6 Å². The van der Waals surface area contributed by atoms with Crippen LogP contribution < -0.4 is 24.2 Å². The number of aromatic nitrogens is 3. The Balaban J connectivity index is 1.66. The maximum absolute atomic E-state index is 13.5. The number of ether oxygens (including phenoxy) is 2. The molecule has 0 saturated carbocycles. The number of hydrogen-bond acceptors (Lipinski definition) is 7. The van der Waals surface area contributed by atoms with Crippen LogP contribution in [0.4, 0.5) is 5.69 Å². The van der Waals surface area contributed by atoms with Crippen LogP contribution in [0.15, 0.2) is 76.4 Å². The van der Waals surface area contributed by atoms with E-state index in [0.29, 0.717) is 56.9 Å². The molecule has 0 aliphatic carbocycles.